The summed E-state index contributed by atoms with van der Waals surface area (Å²) in [4.78, 5) is 11.4. The van der Waals surface area contributed by atoms with Gasteiger partial charge in [-0.05, 0) is 31.7 Å². The molecule has 0 aromatic heterocycles. The van der Waals surface area contributed by atoms with Gasteiger partial charge in [0, 0.05) is 5.56 Å². The van der Waals surface area contributed by atoms with E-state index in [9.17, 15) is 9.18 Å². The van der Waals surface area contributed by atoms with Gasteiger partial charge >= 0.3 is 5.97 Å². The molecule has 0 aliphatic heterocycles. The second kappa shape index (κ2) is 7.19. The van der Waals surface area contributed by atoms with Crippen LogP contribution in [0.3, 0.4) is 0 Å². The third-order valence-corrected chi connectivity index (χ3v) is 3.88. The van der Waals surface area contributed by atoms with Crippen molar-refractivity contribution in [3.8, 4) is 6.07 Å². The Morgan fingerprint density at radius 3 is 2.71 bits per heavy atom. The number of benzene rings is 1. The van der Waals surface area contributed by atoms with Crippen LogP contribution in [-0.4, -0.2) is 19.2 Å². The van der Waals surface area contributed by atoms with Crippen molar-refractivity contribution in [2.75, 3.05) is 7.11 Å². The number of hydrogen-bond donors (Lipinski definition) is 0. The third-order valence-electron chi connectivity index (χ3n) is 3.88. The molecular formula is C16H18FNO3. The van der Waals surface area contributed by atoms with Crippen molar-refractivity contribution in [2.45, 2.75) is 38.4 Å². The van der Waals surface area contributed by atoms with E-state index in [0.717, 1.165) is 25.7 Å². The number of ether oxygens (including phenoxy) is 2. The number of halogens is 1. The summed E-state index contributed by atoms with van der Waals surface area (Å²) in [6, 6.07) is 6.53. The van der Waals surface area contributed by atoms with Crippen LogP contribution in [0.1, 0.15) is 36.8 Å². The first-order chi connectivity index (χ1) is 10.2. The molecule has 112 valence electrons. The normalized spacial score (nSPS) is 21.6. The molecule has 1 fully saturated rings. The van der Waals surface area contributed by atoms with Gasteiger partial charge in [0.2, 0.25) is 0 Å². The first kappa shape index (κ1) is 15.5. The average Bonchev–Trinajstić information content (AvgIpc) is 2.53. The Morgan fingerprint density at radius 2 is 2.10 bits per heavy atom. The molecule has 1 saturated carbocycles. The predicted octanol–water partition coefficient (Wildman–Crippen LogP) is 2.95. The standard InChI is InChI=1S/C16H18FNO3/c1-20-16(19)11-5-7-14(8-6-11)21-10-13-4-2-3-12(9-18)15(13)17/h2-4,11,14H,5-8,10H2,1H3. The quantitative estimate of drug-likeness (QED) is 0.800. The fourth-order valence-corrected chi connectivity index (χ4v) is 2.62. The molecular weight excluding hydrogens is 273 g/mol. The molecule has 0 bridgehead atoms. The molecule has 4 nitrogen and oxygen atoms in total. The van der Waals surface area contributed by atoms with E-state index in [0.29, 0.717) is 5.56 Å². The summed E-state index contributed by atoms with van der Waals surface area (Å²) < 4.78 is 24.3. The van der Waals surface area contributed by atoms with Crippen LogP contribution in [0.25, 0.3) is 0 Å². The van der Waals surface area contributed by atoms with E-state index in [1.54, 1.807) is 12.1 Å². The molecule has 5 heteroatoms. The van der Waals surface area contributed by atoms with E-state index in [2.05, 4.69) is 0 Å². The van der Waals surface area contributed by atoms with Gasteiger partial charge in [-0.2, -0.15) is 5.26 Å². The van der Waals surface area contributed by atoms with Crippen LogP contribution in [0.15, 0.2) is 18.2 Å². The molecule has 21 heavy (non-hydrogen) atoms. The monoisotopic (exact) mass is 291 g/mol. The third kappa shape index (κ3) is 3.79. The van der Waals surface area contributed by atoms with E-state index < -0.39 is 5.82 Å². The zero-order valence-corrected chi connectivity index (χ0v) is 12.0. The van der Waals surface area contributed by atoms with Crippen molar-refractivity contribution >= 4 is 5.97 Å². The number of carbonyl (C=O) groups excluding carboxylic acids is 1. The van der Waals surface area contributed by atoms with Crippen LogP contribution in [-0.2, 0) is 20.9 Å². The molecule has 1 aromatic carbocycles. The summed E-state index contributed by atoms with van der Waals surface area (Å²) >= 11 is 0. The maximum Gasteiger partial charge on any atom is 0.308 e. The molecule has 1 aliphatic rings. The van der Waals surface area contributed by atoms with E-state index in [1.165, 1.54) is 13.2 Å². The second-order valence-corrected chi connectivity index (χ2v) is 5.20. The van der Waals surface area contributed by atoms with Gasteiger partial charge in [0.25, 0.3) is 0 Å². The van der Waals surface area contributed by atoms with Gasteiger partial charge in [-0.15, -0.1) is 0 Å². The Kier molecular flexibility index (Phi) is 5.29. The second-order valence-electron chi connectivity index (χ2n) is 5.20. The topological polar surface area (TPSA) is 59.3 Å². The van der Waals surface area contributed by atoms with E-state index in [-0.39, 0.29) is 30.2 Å². The lowest BCUT2D eigenvalue weighted by molar-refractivity contribution is -0.147. The lowest BCUT2D eigenvalue weighted by Crippen LogP contribution is -2.27. The van der Waals surface area contributed by atoms with Crippen molar-refractivity contribution in [1.29, 1.82) is 5.26 Å². The first-order valence-electron chi connectivity index (χ1n) is 7.02. The van der Waals surface area contributed by atoms with Crippen LogP contribution >= 0.6 is 0 Å². The van der Waals surface area contributed by atoms with Gasteiger partial charge in [0.05, 0.1) is 31.3 Å². The molecule has 0 radical (unpaired) electrons. The number of methoxy groups -OCH3 is 1. The highest BCUT2D eigenvalue weighted by Gasteiger charge is 2.27. The fraction of sp³-hybridized carbons (Fsp3) is 0.500. The number of hydrogen-bond acceptors (Lipinski definition) is 4. The van der Waals surface area contributed by atoms with Crippen LogP contribution in [0.5, 0.6) is 0 Å². The zero-order valence-electron chi connectivity index (χ0n) is 12.0. The summed E-state index contributed by atoms with van der Waals surface area (Å²) in [7, 11) is 1.40. The molecule has 0 saturated heterocycles. The highest BCUT2D eigenvalue weighted by molar-refractivity contribution is 5.72. The largest absolute Gasteiger partial charge is 0.469 e. The van der Waals surface area contributed by atoms with Gasteiger partial charge in [0.15, 0.2) is 0 Å². The van der Waals surface area contributed by atoms with Gasteiger partial charge in [0.1, 0.15) is 11.9 Å². The van der Waals surface area contributed by atoms with Gasteiger partial charge in [-0.1, -0.05) is 12.1 Å². The minimum atomic E-state index is -0.511. The van der Waals surface area contributed by atoms with Gasteiger partial charge < -0.3 is 9.47 Å². The summed E-state index contributed by atoms with van der Waals surface area (Å²) in [5, 5.41) is 8.79. The van der Waals surface area contributed by atoms with E-state index in [4.69, 9.17) is 14.7 Å². The molecule has 0 amide bonds. The number of nitriles is 1. The van der Waals surface area contributed by atoms with Crippen LogP contribution in [0, 0.1) is 23.1 Å². The number of carbonyl (C=O) groups is 1. The summed E-state index contributed by atoms with van der Waals surface area (Å²) in [5.41, 5.74) is 0.426. The van der Waals surface area contributed by atoms with Crippen molar-refractivity contribution in [3.63, 3.8) is 0 Å². The van der Waals surface area contributed by atoms with Crippen molar-refractivity contribution in [2.24, 2.45) is 5.92 Å². The Labute approximate surface area is 123 Å². The number of nitrogens with zero attached hydrogens (tertiary/aromatic N) is 1. The van der Waals surface area contributed by atoms with Crippen LogP contribution < -0.4 is 0 Å². The first-order valence-corrected chi connectivity index (χ1v) is 7.02. The molecule has 0 heterocycles. The number of esters is 1. The summed E-state index contributed by atoms with van der Waals surface area (Å²) in [5.74, 6) is -0.724. The molecule has 2 rings (SSSR count). The molecule has 0 unspecified atom stereocenters. The molecule has 1 aliphatic carbocycles. The molecule has 0 spiro atoms. The van der Waals surface area contributed by atoms with Gasteiger partial charge in [-0.25, -0.2) is 4.39 Å². The SMILES string of the molecule is COC(=O)C1CCC(OCc2cccc(C#N)c2F)CC1. The van der Waals surface area contributed by atoms with Crippen LogP contribution in [0.2, 0.25) is 0 Å². The molecule has 0 N–H and O–H groups in total. The maximum absolute atomic E-state index is 13.9. The minimum Gasteiger partial charge on any atom is -0.469 e. The van der Waals surface area contributed by atoms with E-state index >= 15 is 0 Å². The molecule has 0 atom stereocenters. The van der Waals surface area contributed by atoms with Gasteiger partial charge in [-0.3, -0.25) is 4.79 Å². The highest BCUT2D eigenvalue weighted by Crippen LogP contribution is 2.28. The lowest BCUT2D eigenvalue weighted by Gasteiger charge is -2.27. The predicted molar refractivity (Wildman–Crippen MR) is 73.7 cm³/mol. The Hall–Kier alpha value is -1.93. The van der Waals surface area contributed by atoms with Crippen LogP contribution in [0.4, 0.5) is 4.39 Å². The fourth-order valence-electron chi connectivity index (χ4n) is 2.62. The molecule has 1 aromatic rings. The highest BCUT2D eigenvalue weighted by atomic mass is 19.1. The smallest absolute Gasteiger partial charge is 0.308 e. The maximum atomic E-state index is 13.9. The van der Waals surface area contributed by atoms with Crippen molar-refractivity contribution < 1.29 is 18.7 Å². The lowest BCUT2D eigenvalue weighted by atomic mass is 9.87. The minimum absolute atomic E-state index is 0.0241. The Bertz CT molecular complexity index is 545. The van der Waals surface area contributed by atoms with Crippen molar-refractivity contribution in [1.82, 2.24) is 0 Å². The average molecular weight is 291 g/mol. The zero-order chi connectivity index (χ0) is 15.2. The summed E-state index contributed by atoms with van der Waals surface area (Å²) in [6.45, 7) is 0.148. The van der Waals surface area contributed by atoms with Crippen molar-refractivity contribution in [3.05, 3.63) is 35.1 Å². The van der Waals surface area contributed by atoms with E-state index in [1.807, 2.05) is 6.07 Å². The Morgan fingerprint density at radius 1 is 1.38 bits per heavy atom. The summed E-state index contributed by atoms with van der Waals surface area (Å²) in [6.07, 6.45) is 3.02. The Balaban J connectivity index is 1.86. The number of rotatable bonds is 4.